The van der Waals surface area contributed by atoms with Crippen LogP contribution in [0.15, 0.2) is 60.8 Å². The van der Waals surface area contributed by atoms with Crippen LogP contribution in [-0.2, 0) is 6.37 Å². The first kappa shape index (κ1) is 11.2. The molecule has 0 aliphatic carbocycles. The lowest BCUT2D eigenvalue weighted by Crippen LogP contribution is -1.96. The van der Waals surface area contributed by atoms with E-state index in [1.165, 1.54) is 0 Å². The summed E-state index contributed by atoms with van der Waals surface area (Å²) < 4.78 is 40.3. The number of pyridine rings is 1. The third-order valence-electron chi connectivity index (χ3n) is 3.94. The molecule has 122 valence electrons. The number of aryl methyl sites for hydroxylation is 2. The van der Waals surface area contributed by atoms with Crippen LogP contribution in [0.1, 0.15) is 37.4 Å². The Kier molecular flexibility index (Phi) is 3.27. The van der Waals surface area contributed by atoms with Crippen molar-refractivity contribution in [2.45, 2.75) is 34.0 Å². The molecule has 0 fully saturated rings. The first-order chi connectivity index (χ1) is 13.5. The molecule has 0 saturated carbocycles. The normalized spacial score (nSPS) is 15.2. The van der Waals surface area contributed by atoms with E-state index in [9.17, 15) is 0 Å². The van der Waals surface area contributed by atoms with E-state index in [1.54, 1.807) is 18.3 Å². The standard InChI is InChI=1S/C23H25N/c1-16(2)12-19-10-11-23(24-15-19)22-14-21(17(3)13-18(22)4)20-8-6-5-7-9-20/h5-11,13-16H,12H2,1-4H3/i3D3,12D2. The monoisotopic (exact) mass is 320 g/mol. The Bertz CT molecular complexity index is 990. The highest BCUT2D eigenvalue weighted by molar-refractivity contribution is 5.76. The topological polar surface area (TPSA) is 12.9 Å². The Morgan fingerprint density at radius 1 is 1.00 bits per heavy atom. The average Bonchev–Trinajstić information content (AvgIpc) is 2.67. The minimum atomic E-state index is -2.22. The van der Waals surface area contributed by atoms with Gasteiger partial charge in [-0.2, -0.15) is 0 Å². The average molecular weight is 320 g/mol. The second-order valence-corrected chi connectivity index (χ2v) is 6.31. The van der Waals surface area contributed by atoms with Crippen LogP contribution in [0.4, 0.5) is 0 Å². The largest absolute Gasteiger partial charge is 0.256 e. The molecule has 0 aliphatic rings. The van der Waals surface area contributed by atoms with Crippen molar-refractivity contribution in [2.75, 3.05) is 0 Å². The van der Waals surface area contributed by atoms with Gasteiger partial charge in [0.15, 0.2) is 0 Å². The molecule has 3 rings (SSSR count). The Hall–Kier alpha value is -2.41. The first-order valence-electron chi connectivity index (χ1n) is 10.7. The molecule has 3 aromatic rings. The summed E-state index contributed by atoms with van der Waals surface area (Å²) in [6, 6.07) is 16.6. The molecule has 0 aliphatic heterocycles. The second-order valence-electron chi connectivity index (χ2n) is 6.31. The van der Waals surface area contributed by atoms with Crippen molar-refractivity contribution in [1.29, 1.82) is 0 Å². The van der Waals surface area contributed by atoms with Gasteiger partial charge in [0.2, 0.25) is 0 Å². The van der Waals surface area contributed by atoms with Gasteiger partial charge >= 0.3 is 0 Å². The van der Waals surface area contributed by atoms with E-state index in [4.69, 9.17) is 6.85 Å². The Morgan fingerprint density at radius 3 is 2.42 bits per heavy atom. The molecule has 1 heterocycles. The minimum absolute atomic E-state index is 0.167. The highest BCUT2D eigenvalue weighted by atomic mass is 14.7. The molecule has 0 atom stereocenters. The Balaban J connectivity index is 2.14. The predicted octanol–water partition coefficient (Wildman–Crippen LogP) is 6.23. The molecule has 0 amide bonds. The maximum atomic E-state index is 8.25. The van der Waals surface area contributed by atoms with Crippen LogP contribution in [0.25, 0.3) is 22.4 Å². The van der Waals surface area contributed by atoms with Crippen molar-refractivity contribution in [3.8, 4) is 22.4 Å². The summed E-state index contributed by atoms with van der Waals surface area (Å²) in [5.74, 6) is -0.167. The van der Waals surface area contributed by atoms with E-state index in [1.807, 2.05) is 63.2 Å². The molecule has 1 aromatic heterocycles. The first-order valence-corrected chi connectivity index (χ1v) is 8.19. The van der Waals surface area contributed by atoms with Crippen LogP contribution in [0.2, 0.25) is 0 Å². The lowest BCUT2D eigenvalue weighted by Gasteiger charge is -2.13. The number of hydrogen-bond donors (Lipinski definition) is 0. The highest BCUT2D eigenvalue weighted by Crippen LogP contribution is 2.31. The third kappa shape index (κ3) is 3.56. The molecule has 0 bridgehead atoms. The fraction of sp³-hybridized carbons (Fsp3) is 0.261. The van der Waals surface area contributed by atoms with Gasteiger partial charge in [-0.05, 0) is 66.0 Å². The van der Waals surface area contributed by atoms with Gasteiger partial charge in [0, 0.05) is 18.6 Å². The van der Waals surface area contributed by atoms with E-state index in [0.717, 1.165) is 16.7 Å². The molecular weight excluding hydrogens is 290 g/mol. The summed E-state index contributed by atoms with van der Waals surface area (Å²) in [5.41, 5.74) is 4.72. The van der Waals surface area contributed by atoms with E-state index < -0.39 is 13.2 Å². The van der Waals surface area contributed by atoms with Gasteiger partial charge in [-0.3, -0.25) is 4.98 Å². The summed E-state index contributed by atoms with van der Waals surface area (Å²) in [6.45, 7) is 3.34. The summed E-state index contributed by atoms with van der Waals surface area (Å²) in [4.78, 5) is 4.50. The SMILES string of the molecule is [2H]C([2H])([2H])c1cc(C)c(-c2ccc(C([2H])([2H])C(C)C)cn2)cc1-c1ccccc1. The number of hydrogen-bond acceptors (Lipinski definition) is 1. The molecule has 1 nitrogen and oxygen atoms in total. The molecule has 0 unspecified atom stereocenters. The lowest BCUT2D eigenvalue weighted by molar-refractivity contribution is 0.646. The predicted molar refractivity (Wildman–Crippen MR) is 103 cm³/mol. The van der Waals surface area contributed by atoms with Gasteiger partial charge in [0.05, 0.1) is 5.69 Å². The van der Waals surface area contributed by atoms with Crippen molar-refractivity contribution >= 4 is 0 Å². The van der Waals surface area contributed by atoms with Crippen LogP contribution in [0.5, 0.6) is 0 Å². The quantitative estimate of drug-likeness (QED) is 0.555. The zero-order valence-corrected chi connectivity index (χ0v) is 14.3. The lowest BCUT2D eigenvalue weighted by atomic mass is 9.93. The van der Waals surface area contributed by atoms with Crippen LogP contribution in [0, 0.1) is 19.7 Å². The summed E-state index contributed by atoms with van der Waals surface area (Å²) >= 11 is 0. The van der Waals surface area contributed by atoms with Crippen molar-refractivity contribution < 1.29 is 6.85 Å². The summed E-state index contributed by atoms with van der Waals surface area (Å²) in [7, 11) is 0. The summed E-state index contributed by atoms with van der Waals surface area (Å²) in [6.07, 6.45) is 0.121. The third-order valence-corrected chi connectivity index (χ3v) is 3.94. The van der Waals surface area contributed by atoms with Gasteiger partial charge in [0.25, 0.3) is 0 Å². The highest BCUT2D eigenvalue weighted by Gasteiger charge is 2.10. The number of nitrogens with zero attached hydrogens (tertiary/aromatic N) is 1. The molecule has 0 saturated heterocycles. The van der Waals surface area contributed by atoms with Gasteiger partial charge in [0.1, 0.15) is 0 Å². The van der Waals surface area contributed by atoms with E-state index >= 15 is 0 Å². The van der Waals surface area contributed by atoms with Gasteiger partial charge < -0.3 is 0 Å². The van der Waals surface area contributed by atoms with Crippen molar-refractivity contribution in [2.24, 2.45) is 5.92 Å². The Morgan fingerprint density at radius 2 is 1.79 bits per heavy atom. The van der Waals surface area contributed by atoms with Crippen LogP contribution >= 0.6 is 0 Å². The van der Waals surface area contributed by atoms with E-state index in [0.29, 0.717) is 22.4 Å². The maximum Gasteiger partial charge on any atom is 0.0705 e. The van der Waals surface area contributed by atoms with Crippen molar-refractivity contribution in [1.82, 2.24) is 4.98 Å². The number of aromatic nitrogens is 1. The zero-order valence-electron chi connectivity index (χ0n) is 19.3. The van der Waals surface area contributed by atoms with Gasteiger partial charge in [-0.1, -0.05) is 56.3 Å². The van der Waals surface area contributed by atoms with E-state index in [2.05, 4.69) is 4.98 Å². The molecule has 24 heavy (non-hydrogen) atoms. The van der Waals surface area contributed by atoms with Crippen LogP contribution < -0.4 is 0 Å². The summed E-state index contributed by atoms with van der Waals surface area (Å²) in [5, 5.41) is 0. The molecule has 0 N–H and O–H groups in total. The molecule has 2 aromatic carbocycles. The van der Waals surface area contributed by atoms with Gasteiger partial charge in [-0.15, -0.1) is 0 Å². The smallest absolute Gasteiger partial charge is 0.0705 e. The second kappa shape index (κ2) is 7.00. The minimum Gasteiger partial charge on any atom is -0.256 e. The molecule has 1 heteroatoms. The number of rotatable bonds is 4. The molecule has 0 radical (unpaired) electrons. The van der Waals surface area contributed by atoms with Crippen molar-refractivity contribution in [3.05, 3.63) is 77.5 Å². The van der Waals surface area contributed by atoms with Crippen LogP contribution in [-0.4, -0.2) is 4.98 Å². The number of benzene rings is 2. The fourth-order valence-electron chi connectivity index (χ4n) is 2.81. The maximum absolute atomic E-state index is 8.25. The zero-order chi connectivity index (χ0) is 21.4. The van der Waals surface area contributed by atoms with E-state index in [-0.39, 0.29) is 5.92 Å². The molecule has 0 spiro atoms. The van der Waals surface area contributed by atoms with Crippen molar-refractivity contribution in [3.63, 3.8) is 0 Å². The molecular formula is C23H25N. The fourth-order valence-corrected chi connectivity index (χ4v) is 2.81. The Labute approximate surface area is 152 Å². The van der Waals surface area contributed by atoms with Crippen LogP contribution in [0.3, 0.4) is 0 Å². The van der Waals surface area contributed by atoms with Gasteiger partial charge in [-0.25, -0.2) is 0 Å².